The molecule has 2 rings (SSSR count). The van der Waals surface area contributed by atoms with Crippen LogP contribution < -0.4 is 0 Å². The molecule has 0 aliphatic rings. The Morgan fingerprint density at radius 2 is 1.35 bits per heavy atom. The van der Waals surface area contributed by atoms with Crippen molar-refractivity contribution in [2.75, 3.05) is 0 Å². The Labute approximate surface area is 99.8 Å². The molecule has 2 heteroatoms. The summed E-state index contributed by atoms with van der Waals surface area (Å²) in [7, 11) is 0. The van der Waals surface area contributed by atoms with Crippen LogP contribution in [0.25, 0.3) is 6.08 Å². The molecule has 0 spiro atoms. The summed E-state index contributed by atoms with van der Waals surface area (Å²) in [6, 6.07) is 19.1. The maximum absolute atomic E-state index is 11.7. The van der Waals surface area contributed by atoms with Crippen LogP contribution in [0.5, 0.6) is 0 Å². The minimum absolute atomic E-state index is 0. The van der Waals surface area contributed by atoms with Gasteiger partial charge in [-0.15, -0.1) is 0 Å². The first-order valence-electron chi connectivity index (χ1n) is 5.19. The van der Waals surface area contributed by atoms with E-state index >= 15 is 0 Å². The Kier molecular flexibility index (Phi) is 4.82. The molecule has 0 aromatic heterocycles. The molecule has 0 atom stereocenters. The van der Waals surface area contributed by atoms with Crippen LogP contribution in [-0.4, -0.2) is 5.78 Å². The monoisotopic (exact) mass is 228 g/mol. The van der Waals surface area contributed by atoms with Crippen molar-refractivity contribution in [3.63, 3.8) is 0 Å². The minimum atomic E-state index is 0. The summed E-state index contributed by atoms with van der Waals surface area (Å²) in [5, 5.41) is 0. The van der Waals surface area contributed by atoms with Gasteiger partial charge < -0.3 is 0 Å². The van der Waals surface area contributed by atoms with Crippen LogP contribution in [0.3, 0.4) is 0 Å². The molecule has 0 bridgehead atoms. The van der Waals surface area contributed by atoms with Crippen molar-refractivity contribution in [3.8, 4) is 0 Å². The average Bonchev–Trinajstić information content (AvgIpc) is 2.38. The Morgan fingerprint density at radius 3 is 1.94 bits per heavy atom. The van der Waals surface area contributed by atoms with Gasteiger partial charge in [-0.2, -0.15) is 0 Å². The van der Waals surface area contributed by atoms with Crippen molar-refractivity contribution in [3.05, 3.63) is 77.9 Å². The lowest BCUT2D eigenvalue weighted by molar-refractivity contribution is 0.104. The van der Waals surface area contributed by atoms with Gasteiger partial charge in [-0.05, 0) is 11.6 Å². The van der Waals surface area contributed by atoms with Crippen LogP contribution in [0, 0.1) is 0 Å². The second-order valence-corrected chi connectivity index (χ2v) is 3.47. The van der Waals surface area contributed by atoms with E-state index in [1.807, 2.05) is 66.7 Å². The topological polar surface area (TPSA) is 17.1 Å². The van der Waals surface area contributed by atoms with Crippen LogP contribution in [0.2, 0.25) is 0 Å². The second-order valence-electron chi connectivity index (χ2n) is 3.47. The summed E-state index contributed by atoms with van der Waals surface area (Å²) in [5.41, 5.74) is 1.75. The van der Waals surface area contributed by atoms with Gasteiger partial charge in [-0.1, -0.05) is 66.7 Å². The third-order valence-electron chi connectivity index (χ3n) is 2.29. The van der Waals surface area contributed by atoms with Gasteiger partial charge in [0.1, 0.15) is 0 Å². The summed E-state index contributed by atoms with van der Waals surface area (Å²) < 4.78 is 0. The molecule has 0 aliphatic carbocycles. The molecule has 0 N–H and O–H groups in total. The molecule has 0 saturated heterocycles. The van der Waals surface area contributed by atoms with E-state index in [1.165, 1.54) is 0 Å². The first-order chi connectivity index (χ1) is 7.86. The summed E-state index contributed by atoms with van der Waals surface area (Å²) in [6.45, 7) is 0. The highest BCUT2D eigenvalue weighted by molar-refractivity contribution is 6.06. The largest absolute Gasteiger partial charge is 0.289 e. The number of carbonyl (C=O) groups excluding carboxylic acids is 1. The lowest BCUT2D eigenvalue weighted by Gasteiger charge is -1.94. The number of benzene rings is 2. The first kappa shape index (κ1) is 12.8. The fourth-order valence-electron chi connectivity index (χ4n) is 1.43. The zero-order chi connectivity index (χ0) is 11.2. The van der Waals surface area contributed by atoms with Gasteiger partial charge in [-0.3, -0.25) is 9.50 Å². The highest BCUT2D eigenvalue weighted by Crippen LogP contribution is 2.05. The van der Waals surface area contributed by atoms with Crippen LogP contribution in [-0.2, 0) is 0 Å². The fourth-order valence-corrected chi connectivity index (χ4v) is 1.43. The quantitative estimate of drug-likeness (QED) is 0.577. The van der Waals surface area contributed by atoms with Crippen LogP contribution in [0.1, 0.15) is 15.9 Å². The molecule has 0 amide bonds. The molecule has 17 heavy (non-hydrogen) atoms. The Balaban J connectivity index is 0.00000144. The van der Waals surface area contributed by atoms with Gasteiger partial charge in [-0.25, -0.2) is 0 Å². The molecule has 0 saturated carbocycles. The van der Waals surface area contributed by atoms with Crippen LogP contribution >= 0.6 is 0 Å². The SMILES string of the molecule is F.O=C(C=Cc1ccccc1)c1ccccc1. The van der Waals surface area contributed by atoms with E-state index in [0.29, 0.717) is 0 Å². The lowest BCUT2D eigenvalue weighted by Crippen LogP contribution is -1.92. The summed E-state index contributed by atoms with van der Waals surface area (Å²) in [5.74, 6) is 0.0319. The van der Waals surface area contributed by atoms with E-state index in [2.05, 4.69) is 0 Å². The summed E-state index contributed by atoms with van der Waals surface area (Å²) in [6.07, 6.45) is 3.43. The predicted molar refractivity (Wildman–Crippen MR) is 68.8 cm³/mol. The Hall–Kier alpha value is -2.22. The smallest absolute Gasteiger partial charge is 0.185 e. The van der Waals surface area contributed by atoms with Gasteiger partial charge >= 0.3 is 0 Å². The van der Waals surface area contributed by atoms with E-state index in [9.17, 15) is 4.79 Å². The Morgan fingerprint density at radius 1 is 0.824 bits per heavy atom. The van der Waals surface area contributed by atoms with Gasteiger partial charge in [0.25, 0.3) is 0 Å². The highest BCUT2D eigenvalue weighted by atomic mass is 19.0. The van der Waals surface area contributed by atoms with Crippen molar-refractivity contribution >= 4 is 11.9 Å². The fraction of sp³-hybridized carbons (Fsp3) is 0. The number of rotatable bonds is 3. The minimum Gasteiger partial charge on any atom is -0.289 e. The van der Waals surface area contributed by atoms with Crippen molar-refractivity contribution in [2.45, 2.75) is 0 Å². The zero-order valence-corrected chi connectivity index (χ0v) is 9.24. The maximum atomic E-state index is 11.7. The van der Waals surface area contributed by atoms with Crippen LogP contribution in [0.4, 0.5) is 4.70 Å². The molecule has 2 aromatic rings. The number of ketones is 1. The molecule has 0 radical (unpaired) electrons. The van der Waals surface area contributed by atoms with E-state index in [1.54, 1.807) is 6.08 Å². The molecular weight excluding hydrogens is 215 g/mol. The molecule has 2 aromatic carbocycles. The molecule has 0 unspecified atom stereocenters. The van der Waals surface area contributed by atoms with Gasteiger partial charge in [0.15, 0.2) is 5.78 Å². The Bertz CT molecular complexity index is 489. The van der Waals surface area contributed by atoms with Crippen molar-refractivity contribution in [2.24, 2.45) is 0 Å². The third kappa shape index (κ3) is 3.68. The van der Waals surface area contributed by atoms with Gasteiger partial charge in [0.05, 0.1) is 0 Å². The lowest BCUT2D eigenvalue weighted by atomic mass is 10.1. The number of halogens is 1. The van der Waals surface area contributed by atoms with Gasteiger partial charge in [0.2, 0.25) is 0 Å². The van der Waals surface area contributed by atoms with E-state index in [4.69, 9.17) is 0 Å². The third-order valence-corrected chi connectivity index (χ3v) is 2.29. The van der Waals surface area contributed by atoms with E-state index in [-0.39, 0.29) is 10.5 Å². The normalized spacial score (nSPS) is 9.88. The standard InChI is InChI=1S/C15H12O.FH/c16-15(14-9-5-2-6-10-14)12-11-13-7-3-1-4-8-13;/h1-12H;1H. The van der Waals surface area contributed by atoms with Crippen molar-refractivity contribution < 1.29 is 9.50 Å². The average molecular weight is 228 g/mol. The molecule has 0 aliphatic heterocycles. The maximum Gasteiger partial charge on any atom is 0.185 e. The first-order valence-corrected chi connectivity index (χ1v) is 5.19. The molecular formula is C15H13FO. The molecule has 86 valence electrons. The molecule has 0 fully saturated rings. The number of allylic oxidation sites excluding steroid dienone is 1. The number of carbonyl (C=O) groups is 1. The zero-order valence-electron chi connectivity index (χ0n) is 9.24. The van der Waals surface area contributed by atoms with E-state index < -0.39 is 0 Å². The van der Waals surface area contributed by atoms with Crippen LogP contribution in [0.15, 0.2) is 66.7 Å². The van der Waals surface area contributed by atoms with Gasteiger partial charge in [0, 0.05) is 5.56 Å². The summed E-state index contributed by atoms with van der Waals surface area (Å²) >= 11 is 0. The second kappa shape index (κ2) is 6.38. The summed E-state index contributed by atoms with van der Waals surface area (Å²) in [4.78, 5) is 11.7. The molecule has 1 nitrogen and oxygen atoms in total. The van der Waals surface area contributed by atoms with E-state index in [0.717, 1.165) is 11.1 Å². The van der Waals surface area contributed by atoms with Crippen molar-refractivity contribution in [1.29, 1.82) is 0 Å². The molecule has 0 heterocycles. The predicted octanol–water partition coefficient (Wildman–Crippen LogP) is 3.74. The van der Waals surface area contributed by atoms with Crippen molar-refractivity contribution in [1.82, 2.24) is 0 Å². The highest BCUT2D eigenvalue weighted by Gasteiger charge is 1.98. The number of hydrogen-bond acceptors (Lipinski definition) is 1. The number of hydrogen-bond donors (Lipinski definition) is 0.